The van der Waals surface area contributed by atoms with Gasteiger partial charge in [-0.2, -0.15) is 0 Å². The van der Waals surface area contributed by atoms with Crippen LogP contribution in [-0.4, -0.2) is 10.9 Å². The molecule has 0 aliphatic heterocycles. The van der Waals surface area contributed by atoms with Crippen LogP contribution < -0.4 is 5.11 Å². The third-order valence-electron chi connectivity index (χ3n) is 1.57. The van der Waals surface area contributed by atoms with Crippen LogP contribution in [0.2, 0.25) is 5.02 Å². The predicted octanol–water partition coefficient (Wildman–Crippen LogP) is 0.541. The number of nitrogens with zero attached hydrogens (tertiary/aromatic N) is 1. The molecule has 0 saturated heterocycles. The first-order valence-corrected chi connectivity index (χ1v) is 4.01. The van der Waals surface area contributed by atoms with Gasteiger partial charge in [-0.25, -0.2) is 0 Å². The molecule has 74 valence electrons. The van der Waals surface area contributed by atoms with Gasteiger partial charge < -0.3 is 9.90 Å². The first kappa shape index (κ1) is 10.5. The van der Waals surface area contributed by atoms with E-state index in [-0.39, 0.29) is 16.3 Å². The molecule has 5 nitrogen and oxygen atoms in total. The molecule has 0 bridgehead atoms. The zero-order valence-corrected chi connectivity index (χ0v) is 7.65. The molecular weight excluding hydrogens is 210 g/mol. The molecule has 1 aromatic rings. The number of aliphatic carboxylic acids is 1. The van der Waals surface area contributed by atoms with Crippen molar-refractivity contribution in [3.63, 3.8) is 0 Å². The van der Waals surface area contributed by atoms with E-state index in [9.17, 15) is 20.0 Å². The van der Waals surface area contributed by atoms with E-state index in [4.69, 9.17) is 11.6 Å². The van der Waals surface area contributed by atoms with E-state index in [0.717, 1.165) is 6.07 Å². The fourth-order valence-electron chi connectivity index (χ4n) is 0.966. The Morgan fingerprint density at radius 3 is 2.64 bits per heavy atom. The summed E-state index contributed by atoms with van der Waals surface area (Å²) in [5.74, 6) is -1.33. The van der Waals surface area contributed by atoms with E-state index < -0.39 is 17.3 Å². The van der Waals surface area contributed by atoms with E-state index in [1.165, 1.54) is 12.1 Å². The zero-order chi connectivity index (χ0) is 10.7. The Kier molecular flexibility index (Phi) is 3.03. The number of hydrogen-bond donors (Lipinski definition) is 0. The summed E-state index contributed by atoms with van der Waals surface area (Å²) in [6.07, 6.45) is -0.430. The fraction of sp³-hybridized carbons (Fsp3) is 0.125. The van der Waals surface area contributed by atoms with E-state index in [0.29, 0.717) is 0 Å². The monoisotopic (exact) mass is 214 g/mol. The lowest BCUT2D eigenvalue weighted by Crippen LogP contribution is -2.24. The number of carboxylic acid groups (broad SMARTS) is 1. The quantitative estimate of drug-likeness (QED) is 0.543. The highest BCUT2D eigenvalue weighted by molar-refractivity contribution is 6.31. The van der Waals surface area contributed by atoms with Crippen molar-refractivity contribution in [1.29, 1.82) is 0 Å². The first-order chi connectivity index (χ1) is 6.50. The minimum atomic E-state index is -1.33. The standard InChI is InChI=1S/C8H6ClNO4/c9-7-2-1-6(10(13)14)3-5(7)4-8(11)12/h1-3H,4H2,(H,11,12)/p-1. The Labute approximate surface area is 84.1 Å². The highest BCUT2D eigenvalue weighted by atomic mass is 35.5. The molecule has 0 amide bonds. The van der Waals surface area contributed by atoms with Crippen LogP contribution in [0.5, 0.6) is 0 Å². The van der Waals surface area contributed by atoms with Crippen LogP contribution in [0.1, 0.15) is 5.56 Å². The summed E-state index contributed by atoms with van der Waals surface area (Å²) in [5, 5.41) is 20.8. The molecule has 0 saturated carbocycles. The van der Waals surface area contributed by atoms with Crippen LogP contribution >= 0.6 is 11.6 Å². The molecule has 0 N–H and O–H groups in total. The third-order valence-corrected chi connectivity index (χ3v) is 1.94. The Hall–Kier alpha value is -1.62. The number of carboxylic acids is 1. The smallest absolute Gasteiger partial charge is 0.269 e. The number of hydrogen-bond acceptors (Lipinski definition) is 4. The fourth-order valence-corrected chi connectivity index (χ4v) is 1.15. The summed E-state index contributed by atoms with van der Waals surface area (Å²) in [6, 6.07) is 3.62. The number of carbonyl (C=O) groups is 1. The summed E-state index contributed by atoms with van der Waals surface area (Å²) < 4.78 is 0. The summed E-state index contributed by atoms with van der Waals surface area (Å²) in [4.78, 5) is 20.0. The molecule has 0 atom stereocenters. The molecule has 0 unspecified atom stereocenters. The van der Waals surface area contributed by atoms with E-state index in [2.05, 4.69) is 0 Å². The van der Waals surface area contributed by atoms with Gasteiger partial charge in [0.1, 0.15) is 0 Å². The van der Waals surface area contributed by atoms with Crippen LogP contribution in [0, 0.1) is 10.1 Å². The van der Waals surface area contributed by atoms with E-state index in [1.807, 2.05) is 0 Å². The number of benzene rings is 1. The lowest BCUT2D eigenvalue weighted by atomic mass is 10.1. The Bertz CT molecular complexity index is 391. The number of halogens is 1. The molecular formula is C8H5ClNO4-. The van der Waals surface area contributed by atoms with Gasteiger partial charge in [0.15, 0.2) is 0 Å². The highest BCUT2D eigenvalue weighted by Crippen LogP contribution is 2.22. The van der Waals surface area contributed by atoms with Gasteiger partial charge in [0.2, 0.25) is 0 Å². The molecule has 6 heteroatoms. The normalized spacial score (nSPS) is 9.79. The van der Waals surface area contributed by atoms with Gasteiger partial charge in [0.25, 0.3) is 5.69 Å². The molecule has 0 aliphatic rings. The number of carbonyl (C=O) groups excluding carboxylic acids is 1. The topological polar surface area (TPSA) is 83.3 Å². The van der Waals surface area contributed by atoms with Crippen LogP contribution in [0.15, 0.2) is 18.2 Å². The lowest BCUT2D eigenvalue weighted by Gasteiger charge is -2.04. The molecule has 1 rings (SSSR count). The Morgan fingerprint density at radius 1 is 1.50 bits per heavy atom. The van der Waals surface area contributed by atoms with Gasteiger partial charge in [-0.15, -0.1) is 0 Å². The van der Waals surface area contributed by atoms with Gasteiger partial charge in [0.05, 0.1) is 4.92 Å². The summed E-state index contributed by atoms with van der Waals surface area (Å²) in [5.41, 5.74) is -0.00785. The van der Waals surface area contributed by atoms with Gasteiger partial charge in [0, 0.05) is 29.5 Å². The van der Waals surface area contributed by atoms with Crippen LogP contribution in [0.3, 0.4) is 0 Å². The number of nitro benzene ring substituents is 1. The maximum Gasteiger partial charge on any atom is 0.269 e. The Morgan fingerprint density at radius 2 is 2.14 bits per heavy atom. The first-order valence-electron chi connectivity index (χ1n) is 3.63. The van der Waals surface area contributed by atoms with Gasteiger partial charge in [-0.05, 0) is 11.6 Å². The second-order valence-electron chi connectivity index (χ2n) is 2.58. The van der Waals surface area contributed by atoms with Crippen molar-refractivity contribution in [2.24, 2.45) is 0 Å². The Balaban J connectivity index is 3.08. The average Bonchev–Trinajstić information content (AvgIpc) is 2.07. The summed E-state index contributed by atoms with van der Waals surface area (Å²) in [7, 11) is 0. The molecule has 14 heavy (non-hydrogen) atoms. The largest absolute Gasteiger partial charge is 0.550 e. The van der Waals surface area contributed by atoms with Gasteiger partial charge in [-0.3, -0.25) is 10.1 Å². The summed E-state index contributed by atoms with van der Waals surface area (Å²) in [6.45, 7) is 0. The number of nitro groups is 1. The van der Waals surface area contributed by atoms with Crippen molar-refractivity contribution >= 4 is 23.3 Å². The predicted molar refractivity (Wildman–Crippen MR) is 46.8 cm³/mol. The molecule has 0 fully saturated rings. The number of rotatable bonds is 3. The maximum atomic E-state index is 10.3. The second-order valence-corrected chi connectivity index (χ2v) is 2.99. The molecule has 0 spiro atoms. The van der Waals surface area contributed by atoms with Crippen molar-refractivity contribution in [1.82, 2.24) is 0 Å². The minimum absolute atomic E-state index is 0.180. The molecule has 0 radical (unpaired) electrons. The average molecular weight is 215 g/mol. The van der Waals surface area contributed by atoms with Crippen molar-refractivity contribution in [3.8, 4) is 0 Å². The SMILES string of the molecule is O=C([O-])Cc1cc([N+](=O)[O-])ccc1Cl. The van der Waals surface area contributed by atoms with E-state index >= 15 is 0 Å². The summed E-state index contributed by atoms with van der Waals surface area (Å²) >= 11 is 5.63. The van der Waals surface area contributed by atoms with Crippen LogP contribution in [0.25, 0.3) is 0 Å². The second kappa shape index (κ2) is 4.06. The third kappa shape index (κ3) is 2.43. The highest BCUT2D eigenvalue weighted by Gasteiger charge is 2.09. The van der Waals surface area contributed by atoms with Crippen molar-refractivity contribution in [2.75, 3.05) is 0 Å². The zero-order valence-electron chi connectivity index (χ0n) is 6.90. The van der Waals surface area contributed by atoms with E-state index in [1.54, 1.807) is 0 Å². The molecule has 0 heterocycles. The van der Waals surface area contributed by atoms with Crippen LogP contribution in [-0.2, 0) is 11.2 Å². The van der Waals surface area contributed by atoms with Gasteiger partial charge >= 0.3 is 0 Å². The molecule has 0 aromatic heterocycles. The molecule has 0 aliphatic carbocycles. The number of non-ortho nitro benzene ring substituents is 1. The lowest BCUT2D eigenvalue weighted by molar-refractivity contribution is -0.384. The van der Waals surface area contributed by atoms with Crippen molar-refractivity contribution in [3.05, 3.63) is 38.9 Å². The molecule has 1 aromatic carbocycles. The minimum Gasteiger partial charge on any atom is -0.550 e. The van der Waals surface area contributed by atoms with Crippen molar-refractivity contribution < 1.29 is 14.8 Å². The van der Waals surface area contributed by atoms with Crippen molar-refractivity contribution in [2.45, 2.75) is 6.42 Å². The maximum absolute atomic E-state index is 10.3. The van der Waals surface area contributed by atoms with Crippen LogP contribution in [0.4, 0.5) is 5.69 Å². The van der Waals surface area contributed by atoms with Gasteiger partial charge in [-0.1, -0.05) is 11.6 Å².